The normalized spacial score (nSPS) is 33.4. The first-order valence-electron chi connectivity index (χ1n) is 5.85. The van der Waals surface area contributed by atoms with Gasteiger partial charge in [0.05, 0.1) is 12.7 Å². The van der Waals surface area contributed by atoms with Gasteiger partial charge in [-0.15, -0.1) is 0 Å². The van der Waals surface area contributed by atoms with Crippen LogP contribution in [0, 0.1) is 5.92 Å². The van der Waals surface area contributed by atoms with E-state index in [-0.39, 0.29) is 0 Å². The van der Waals surface area contributed by atoms with Crippen LogP contribution >= 0.6 is 0 Å². The Labute approximate surface area is 86.2 Å². The first-order valence-corrected chi connectivity index (χ1v) is 5.85. The van der Waals surface area contributed by atoms with Crippen LogP contribution < -0.4 is 5.32 Å². The van der Waals surface area contributed by atoms with E-state index in [2.05, 4.69) is 5.32 Å². The third-order valence-electron chi connectivity index (χ3n) is 3.08. The predicted molar refractivity (Wildman–Crippen MR) is 55.4 cm³/mol. The number of hydrogen-bond acceptors (Lipinski definition) is 3. The molecule has 0 amide bonds. The summed E-state index contributed by atoms with van der Waals surface area (Å²) in [4.78, 5) is 0. The molecule has 2 rings (SSSR count). The quantitative estimate of drug-likeness (QED) is 0.737. The predicted octanol–water partition coefficient (Wildman–Crippen LogP) is 1.18. The van der Waals surface area contributed by atoms with Gasteiger partial charge in [-0.1, -0.05) is 0 Å². The Balaban J connectivity index is 1.52. The first-order chi connectivity index (χ1) is 6.95. The molecule has 2 aliphatic heterocycles. The van der Waals surface area contributed by atoms with Crippen LogP contribution in [0.1, 0.15) is 25.7 Å². The van der Waals surface area contributed by atoms with Crippen molar-refractivity contribution < 1.29 is 9.47 Å². The lowest BCUT2D eigenvalue weighted by molar-refractivity contribution is 0.0520. The molecule has 14 heavy (non-hydrogen) atoms. The number of rotatable bonds is 4. The number of ether oxygens (including phenoxy) is 2. The minimum atomic E-state index is 0.472. The molecule has 2 fully saturated rings. The van der Waals surface area contributed by atoms with Gasteiger partial charge >= 0.3 is 0 Å². The van der Waals surface area contributed by atoms with Gasteiger partial charge in [0.25, 0.3) is 0 Å². The summed E-state index contributed by atoms with van der Waals surface area (Å²) in [6, 6.07) is 0. The number of nitrogens with one attached hydrogen (secondary N) is 1. The third-order valence-corrected chi connectivity index (χ3v) is 3.08. The van der Waals surface area contributed by atoms with Crippen LogP contribution in [0.3, 0.4) is 0 Å². The Kier molecular flexibility index (Phi) is 4.22. The zero-order valence-corrected chi connectivity index (χ0v) is 8.84. The average molecular weight is 199 g/mol. The van der Waals surface area contributed by atoms with Gasteiger partial charge in [0.15, 0.2) is 0 Å². The molecule has 0 spiro atoms. The Bertz CT molecular complexity index is 151. The van der Waals surface area contributed by atoms with E-state index in [0.717, 1.165) is 38.8 Å². The van der Waals surface area contributed by atoms with E-state index < -0.39 is 0 Å². The van der Waals surface area contributed by atoms with Crippen molar-refractivity contribution in [3.63, 3.8) is 0 Å². The molecular formula is C11H21NO2. The van der Waals surface area contributed by atoms with Crippen LogP contribution in [0.15, 0.2) is 0 Å². The van der Waals surface area contributed by atoms with E-state index in [4.69, 9.17) is 9.47 Å². The summed E-state index contributed by atoms with van der Waals surface area (Å²) in [5.74, 6) is 0.727. The fourth-order valence-corrected chi connectivity index (χ4v) is 2.22. The molecule has 2 aliphatic rings. The van der Waals surface area contributed by atoms with Crippen molar-refractivity contribution >= 4 is 0 Å². The number of hydrogen-bond donors (Lipinski definition) is 1. The highest BCUT2D eigenvalue weighted by Crippen LogP contribution is 2.13. The van der Waals surface area contributed by atoms with Gasteiger partial charge in [0.1, 0.15) is 0 Å². The highest BCUT2D eigenvalue weighted by atomic mass is 16.5. The molecule has 2 heterocycles. The zero-order valence-electron chi connectivity index (χ0n) is 8.84. The summed E-state index contributed by atoms with van der Waals surface area (Å²) in [7, 11) is 0. The van der Waals surface area contributed by atoms with Crippen LogP contribution in [-0.2, 0) is 9.47 Å². The van der Waals surface area contributed by atoms with Crippen LogP contribution in [-0.4, -0.2) is 39.0 Å². The van der Waals surface area contributed by atoms with Crippen molar-refractivity contribution in [3.05, 3.63) is 0 Å². The van der Waals surface area contributed by atoms with Crippen molar-refractivity contribution in [2.24, 2.45) is 5.92 Å². The van der Waals surface area contributed by atoms with Gasteiger partial charge < -0.3 is 14.8 Å². The molecule has 0 aromatic rings. The molecule has 1 N–H and O–H groups in total. The second kappa shape index (κ2) is 5.69. The van der Waals surface area contributed by atoms with Crippen LogP contribution in [0.2, 0.25) is 0 Å². The SMILES string of the molecule is C1COC[C@H](CNC[C@H]2CCCO2)C1. The Morgan fingerprint density at radius 1 is 1.07 bits per heavy atom. The van der Waals surface area contributed by atoms with Crippen molar-refractivity contribution in [2.45, 2.75) is 31.8 Å². The van der Waals surface area contributed by atoms with E-state index in [1.165, 1.54) is 25.7 Å². The molecule has 2 atom stereocenters. The summed E-state index contributed by atoms with van der Waals surface area (Å²) in [5.41, 5.74) is 0. The lowest BCUT2D eigenvalue weighted by Crippen LogP contribution is -2.33. The van der Waals surface area contributed by atoms with E-state index in [1.54, 1.807) is 0 Å². The molecule has 82 valence electrons. The molecule has 3 nitrogen and oxygen atoms in total. The summed E-state index contributed by atoms with van der Waals surface area (Å²) >= 11 is 0. The third kappa shape index (κ3) is 3.23. The Morgan fingerprint density at radius 3 is 2.71 bits per heavy atom. The molecule has 0 saturated carbocycles. The summed E-state index contributed by atoms with van der Waals surface area (Å²) in [6.07, 6.45) is 5.48. The smallest absolute Gasteiger partial charge is 0.0700 e. The van der Waals surface area contributed by atoms with E-state index >= 15 is 0 Å². The van der Waals surface area contributed by atoms with Gasteiger partial charge in [0.2, 0.25) is 0 Å². The Hall–Kier alpha value is -0.120. The second-order valence-electron chi connectivity index (χ2n) is 4.38. The zero-order chi connectivity index (χ0) is 9.64. The summed E-state index contributed by atoms with van der Waals surface area (Å²) in [5, 5.41) is 3.49. The topological polar surface area (TPSA) is 30.5 Å². The minimum absolute atomic E-state index is 0.472. The van der Waals surface area contributed by atoms with E-state index in [0.29, 0.717) is 6.10 Å². The van der Waals surface area contributed by atoms with Crippen molar-refractivity contribution in [1.29, 1.82) is 0 Å². The standard InChI is InChI=1S/C11H21NO2/c1-3-10(9-13-5-1)7-12-8-11-4-2-6-14-11/h10-12H,1-9H2/t10-,11+/m0/s1. The molecule has 0 bridgehead atoms. The van der Waals surface area contributed by atoms with Gasteiger partial charge in [-0.05, 0) is 31.6 Å². The van der Waals surface area contributed by atoms with E-state index in [1.807, 2.05) is 0 Å². The summed E-state index contributed by atoms with van der Waals surface area (Å²) in [6.45, 7) is 4.98. The fraction of sp³-hybridized carbons (Fsp3) is 1.00. The van der Waals surface area contributed by atoms with Gasteiger partial charge in [-0.25, -0.2) is 0 Å². The lowest BCUT2D eigenvalue weighted by atomic mass is 10.0. The van der Waals surface area contributed by atoms with Crippen LogP contribution in [0.25, 0.3) is 0 Å². The molecule has 0 aliphatic carbocycles. The largest absolute Gasteiger partial charge is 0.381 e. The Morgan fingerprint density at radius 2 is 2.00 bits per heavy atom. The van der Waals surface area contributed by atoms with E-state index in [9.17, 15) is 0 Å². The molecule has 0 aromatic carbocycles. The van der Waals surface area contributed by atoms with Crippen molar-refractivity contribution in [3.8, 4) is 0 Å². The molecule has 0 radical (unpaired) electrons. The molecule has 3 heteroatoms. The second-order valence-corrected chi connectivity index (χ2v) is 4.38. The van der Waals surface area contributed by atoms with Crippen LogP contribution in [0.4, 0.5) is 0 Å². The fourth-order valence-electron chi connectivity index (χ4n) is 2.22. The van der Waals surface area contributed by atoms with Crippen molar-refractivity contribution in [2.75, 3.05) is 32.9 Å². The van der Waals surface area contributed by atoms with Crippen LogP contribution in [0.5, 0.6) is 0 Å². The monoisotopic (exact) mass is 199 g/mol. The summed E-state index contributed by atoms with van der Waals surface area (Å²) < 4.78 is 11.0. The van der Waals surface area contributed by atoms with Gasteiger partial charge in [-0.3, -0.25) is 0 Å². The maximum atomic E-state index is 5.55. The minimum Gasteiger partial charge on any atom is -0.381 e. The highest BCUT2D eigenvalue weighted by Gasteiger charge is 2.17. The lowest BCUT2D eigenvalue weighted by Gasteiger charge is -2.22. The highest BCUT2D eigenvalue weighted by molar-refractivity contribution is 4.70. The van der Waals surface area contributed by atoms with Gasteiger partial charge in [-0.2, -0.15) is 0 Å². The maximum Gasteiger partial charge on any atom is 0.0700 e. The molecule has 2 saturated heterocycles. The van der Waals surface area contributed by atoms with Crippen molar-refractivity contribution in [1.82, 2.24) is 5.32 Å². The molecule has 0 aromatic heterocycles. The molecule has 0 unspecified atom stereocenters. The molecular weight excluding hydrogens is 178 g/mol. The first kappa shape index (κ1) is 10.4. The average Bonchev–Trinajstić information content (AvgIpc) is 2.72. The van der Waals surface area contributed by atoms with Gasteiger partial charge in [0, 0.05) is 26.3 Å². The maximum absolute atomic E-state index is 5.55.